The molecule has 2 aromatic rings. The van der Waals surface area contributed by atoms with Crippen molar-refractivity contribution in [3.05, 3.63) is 17.1 Å². The second kappa shape index (κ2) is 5.52. The molecule has 0 amide bonds. The number of nitrogens with one attached hydrogen (secondary N) is 1. The van der Waals surface area contributed by atoms with Crippen LogP contribution in [-0.2, 0) is 0 Å². The fraction of sp³-hybridized carbons (Fsp3) is 0.600. The number of anilines is 1. The first kappa shape index (κ1) is 14.1. The molecular formula is C15H23N5O. The number of aryl methyl sites for hydroxylation is 2. The van der Waals surface area contributed by atoms with Crippen molar-refractivity contribution in [3.8, 4) is 11.4 Å². The molecule has 1 atom stereocenters. The number of rotatable bonds is 3. The molecule has 3 heterocycles. The summed E-state index contributed by atoms with van der Waals surface area (Å²) in [7, 11) is 0. The fourth-order valence-corrected chi connectivity index (χ4v) is 3.09. The van der Waals surface area contributed by atoms with Crippen LogP contribution in [0.2, 0.25) is 0 Å². The van der Waals surface area contributed by atoms with Gasteiger partial charge in [-0.25, -0.2) is 0 Å². The van der Waals surface area contributed by atoms with Gasteiger partial charge in [-0.15, -0.1) is 5.10 Å². The van der Waals surface area contributed by atoms with Crippen LogP contribution in [0.5, 0.6) is 0 Å². The molecule has 2 aromatic heterocycles. The number of hydrogen-bond donors (Lipinski definition) is 2. The number of nitrogens with zero attached hydrogens (tertiary/aromatic N) is 3. The van der Waals surface area contributed by atoms with Crippen molar-refractivity contribution in [3.63, 3.8) is 0 Å². The zero-order valence-electron chi connectivity index (χ0n) is 12.9. The monoisotopic (exact) mass is 289 g/mol. The molecule has 0 radical (unpaired) electrons. The van der Waals surface area contributed by atoms with Crippen molar-refractivity contribution in [2.45, 2.75) is 33.6 Å². The molecule has 21 heavy (non-hydrogen) atoms. The number of nitrogens with two attached hydrogens (primary N) is 1. The highest BCUT2D eigenvalue weighted by atomic mass is 16.3. The van der Waals surface area contributed by atoms with E-state index in [1.807, 2.05) is 13.8 Å². The molecule has 6 nitrogen and oxygen atoms in total. The van der Waals surface area contributed by atoms with E-state index in [4.69, 9.17) is 10.2 Å². The topological polar surface area (TPSA) is 84.0 Å². The summed E-state index contributed by atoms with van der Waals surface area (Å²) in [5, 5.41) is 7.44. The van der Waals surface area contributed by atoms with E-state index >= 15 is 0 Å². The lowest BCUT2D eigenvalue weighted by Gasteiger charge is -2.31. The number of furan rings is 1. The molecule has 3 rings (SSSR count). The van der Waals surface area contributed by atoms with Crippen LogP contribution in [0, 0.1) is 26.7 Å². The molecule has 114 valence electrons. The molecule has 1 aliphatic rings. The van der Waals surface area contributed by atoms with E-state index in [1.54, 1.807) is 0 Å². The smallest absolute Gasteiger partial charge is 0.245 e. The molecule has 1 fully saturated rings. The molecule has 0 bridgehead atoms. The summed E-state index contributed by atoms with van der Waals surface area (Å²) >= 11 is 0. The van der Waals surface area contributed by atoms with E-state index in [-0.39, 0.29) is 0 Å². The van der Waals surface area contributed by atoms with Gasteiger partial charge in [-0.1, -0.05) is 0 Å². The van der Waals surface area contributed by atoms with Crippen LogP contribution in [-0.4, -0.2) is 34.8 Å². The summed E-state index contributed by atoms with van der Waals surface area (Å²) in [6.07, 6.45) is 2.35. The first-order valence-corrected chi connectivity index (χ1v) is 7.54. The van der Waals surface area contributed by atoms with E-state index in [2.05, 4.69) is 27.0 Å². The molecular weight excluding hydrogens is 266 g/mol. The second-order valence-corrected chi connectivity index (χ2v) is 5.89. The van der Waals surface area contributed by atoms with Gasteiger partial charge in [-0.05, 0) is 46.1 Å². The van der Waals surface area contributed by atoms with E-state index in [0.717, 1.165) is 60.5 Å². The maximum atomic E-state index is 5.79. The quantitative estimate of drug-likeness (QED) is 0.904. The zero-order valence-corrected chi connectivity index (χ0v) is 12.9. The van der Waals surface area contributed by atoms with Crippen LogP contribution in [0.25, 0.3) is 11.4 Å². The van der Waals surface area contributed by atoms with Gasteiger partial charge in [0.2, 0.25) is 5.95 Å². The molecule has 1 unspecified atom stereocenters. The molecule has 1 saturated heterocycles. The Kier molecular flexibility index (Phi) is 3.71. The Bertz CT molecular complexity index is 630. The Morgan fingerprint density at radius 2 is 2.14 bits per heavy atom. The van der Waals surface area contributed by atoms with E-state index in [9.17, 15) is 0 Å². The molecule has 3 N–H and O–H groups in total. The molecule has 1 aliphatic heterocycles. The first-order chi connectivity index (χ1) is 10.1. The van der Waals surface area contributed by atoms with Gasteiger partial charge in [-0.3, -0.25) is 5.10 Å². The van der Waals surface area contributed by atoms with Crippen molar-refractivity contribution in [1.29, 1.82) is 0 Å². The van der Waals surface area contributed by atoms with Crippen molar-refractivity contribution < 1.29 is 4.42 Å². The minimum Gasteiger partial charge on any atom is -0.466 e. The van der Waals surface area contributed by atoms with Gasteiger partial charge in [0.15, 0.2) is 5.82 Å². The lowest BCUT2D eigenvalue weighted by Crippen LogP contribution is -2.38. The van der Waals surface area contributed by atoms with Crippen LogP contribution >= 0.6 is 0 Å². The normalized spacial score (nSPS) is 19.2. The summed E-state index contributed by atoms with van der Waals surface area (Å²) in [4.78, 5) is 6.89. The Morgan fingerprint density at radius 1 is 1.33 bits per heavy atom. The predicted octanol–water partition coefficient (Wildman–Crippen LogP) is 2.17. The van der Waals surface area contributed by atoms with Crippen molar-refractivity contribution in [2.75, 3.05) is 24.5 Å². The van der Waals surface area contributed by atoms with Gasteiger partial charge >= 0.3 is 0 Å². The number of H-pyrrole nitrogens is 1. The van der Waals surface area contributed by atoms with Gasteiger partial charge in [0, 0.05) is 18.7 Å². The molecule has 0 aromatic carbocycles. The minimum atomic E-state index is 0.542. The van der Waals surface area contributed by atoms with Gasteiger partial charge in [0.05, 0.1) is 5.56 Å². The Balaban J connectivity index is 1.86. The highest BCUT2D eigenvalue weighted by Gasteiger charge is 2.23. The molecule has 6 heteroatoms. The van der Waals surface area contributed by atoms with E-state index in [0.29, 0.717) is 5.92 Å². The Hall–Kier alpha value is -1.82. The third-order valence-electron chi connectivity index (χ3n) is 4.41. The number of aromatic amines is 1. The van der Waals surface area contributed by atoms with E-state index in [1.165, 1.54) is 6.42 Å². The van der Waals surface area contributed by atoms with Gasteiger partial charge in [0.1, 0.15) is 11.5 Å². The zero-order chi connectivity index (χ0) is 15.0. The summed E-state index contributed by atoms with van der Waals surface area (Å²) < 4.78 is 5.67. The highest BCUT2D eigenvalue weighted by Crippen LogP contribution is 2.30. The van der Waals surface area contributed by atoms with Crippen molar-refractivity contribution in [2.24, 2.45) is 11.7 Å². The van der Waals surface area contributed by atoms with Crippen LogP contribution in [0.4, 0.5) is 5.95 Å². The standard InChI is InChI=1S/C15H23N5O/c1-9-10(2)21-11(3)13(9)14-17-15(19-18-14)20-6-4-5-12(7-16)8-20/h12H,4-8,16H2,1-3H3,(H,17,18,19). The lowest BCUT2D eigenvalue weighted by atomic mass is 9.99. The predicted molar refractivity (Wildman–Crippen MR) is 82.3 cm³/mol. The summed E-state index contributed by atoms with van der Waals surface area (Å²) in [6, 6.07) is 0. The first-order valence-electron chi connectivity index (χ1n) is 7.54. The summed E-state index contributed by atoms with van der Waals surface area (Å²) in [5.41, 5.74) is 7.94. The van der Waals surface area contributed by atoms with E-state index < -0.39 is 0 Å². The SMILES string of the molecule is Cc1oc(C)c(-c2nc(N3CCCC(CN)C3)n[nH]2)c1C. The van der Waals surface area contributed by atoms with Crippen LogP contribution in [0.1, 0.15) is 29.9 Å². The van der Waals surface area contributed by atoms with Crippen LogP contribution in [0.15, 0.2) is 4.42 Å². The maximum Gasteiger partial charge on any atom is 0.245 e. The van der Waals surface area contributed by atoms with Crippen LogP contribution < -0.4 is 10.6 Å². The largest absolute Gasteiger partial charge is 0.466 e. The number of hydrogen-bond acceptors (Lipinski definition) is 5. The van der Waals surface area contributed by atoms with Crippen molar-refractivity contribution >= 4 is 5.95 Å². The third kappa shape index (κ3) is 2.55. The number of piperidine rings is 1. The van der Waals surface area contributed by atoms with Gasteiger partial charge < -0.3 is 15.1 Å². The lowest BCUT2D eigenvalue weighted by molar-refractivity contribution is 0.420. The average Bonchev–Trinajstić information content (AvgIpc) is 3.05. The van der Waals surface area contributed by atoms with Gasteiger partial charge in [0.25, 0.3) is 0 Å². The molecule has 0 saturated carbocycles. The Morgan fingerprint density at radius 3 is 2.81 bits per heavy atom. The van der Waals surface area contributed by atoms with Gasteiger partial charge in [-0.2, -0.15) is 4.98 Å². The molecule has 0 aliphatic carbocycles. The van der Waals surface area contributed by atoms with Crippen LogP contribution in [0.3, 0.4) is 0 Å². The number of aromatic nitrogens is 3. The molecule has 0 spiro atoms. The fourth-order valence-electron chi connectivity index (χ4n) is 3.09. The van der Waals surface area contributed by atoms with Crippen molar-refractivity contribution in [1.82, 2.24) is 15.2 Å². The minimum absolute atomic E-state index is 0.542. The Labute approximate surface area is 124 Å². The highest BCUT2D eigenvalue weighted by molar-refractivity contribution is 5.64. The summed E-state index contributed by atoms with van der Waals surface area (Å²) in [6.45, 7) is 8.65. The maximum absolute atomic E-state index is 5.79. The average molecular weight is 289 g/mol. The third-order valence-corrected chi connectivity index (χ3v) is 4.41. The summed E-state index contributed by atoms with van der Waals surface area (Å²) in [5.74, 6) is 3.90. The second-order valence-electron chi connectivity index (χ2n) is 5.89.